The van der Waals surface area contributed by atoms with E-state index in [2.05, 4.69) is 15.0 Å². The van der Waals surface area contributed by atoms with Gasteiger partial charge in [-0.2, -0.15) is 0 Å². The van der Waals surface area contributed by atoms with E-state index in [0.717, 1.165) is 22.0 Å². The molecule has 0 aliphatic heterocycles. The summed E-state index contributed by atoms with van der Waals surface area (Å²) < 4.78 is 0. The average Bonchev–Trinajstić information content (AvgIpc) is 2.64. The van der Waals surface area contributed by atoms with E-state index in [4.69, 9.17) is 0 Å². The van der Waals surface area contributed by atoms with Gasteiger partial charge in [0.1, 0.15) is 0 Å². The fraction of sp³-hybridized carbons (Fsp3) is 0. The molecule has 0 spiro atoms. The Hall–Kier alpha value is -2.92. The Balaban J connectivity index is 2.01. The summed E-state index contributed by atoms with van der Waals surface area (Å²) in [5.74, 6) is 0. The molecular formula is C19H13N3OS. The highest BCUT2D eigenvalue weighted by molar-refractivity contribution is 7.99. The highest BCUT2D eigenvalue weighted by Gasteiger charge is 2.16. The quantitative estimate of drug-likeness (QED) is 0.573. The van der Waals surface area contributed by atoms with E-state index >= 15 is 0 Å². The molecule has 0 saturated carbocycles. The molecule has 116 valence electrons. The topological polar surface area (TPSA) is 58.6 Å². The Bertz CT molecular complexity index is 1050. The molecule has 0 atom stereocenters. The second kappa shape index (κ2) is 6.29. The van der Waals surface area contributed by atoms with Crippen LogP contribution in [0.1, 0.15) is 0 Å². The van der Waals surface area contributed by atoms with Gasteiger partial charge in [0.05, 0.1) is 4.90 Å². The molecule has 0 aliphatic carbocycles. The van der Waals surface area contributed by atoms with Crippen molar-refractivity contribution in [3.63, 3.8) is 0 Å². The van der Waals surface area contributed by atoms with E-state index < -0.39 is 0 Å². The molecule has 4 aromatic rings. The van der Waals surface area contributed by atoms with Gasteiger partial charge in [-0.05, 0) is 29.5 Å². The van der Waals surface area contributed by atoms with Gasteiger partial charge >= 0.3 is 0 Å². The molecule has 5 heteroatoms. The number of H-pyrrole nitrogens is 1. The number of nitrogens with one attached hydrogen (secondary N) is 1. The Labute approximate surface area is 142 Å². The van der Waals surface area contributed by atoms with E-state index in [-0.39, 0.29) is 5.56 Å². The molecule has 2 heterocycles. The van der Waals surface area contributed by atoms with Crippen LogP contribution in [0, 0.1) is 0 Å². The minimum absolute atomic E-state index is 0.134. The van der Waals surface area contributed by atoms with E-state index in [0.29, 0.717) is 10.1 Å². The van der Waals surface area contributed by atoms with Crippen LogP contribution < -0.4 is 5.56 Å². The van der Waals surface area contributed by atoms with Gasteiger partial charge in [0.15, 0.2) is 5.16 Å². The second-order valence-electron chi connectivity index (χ2n) is 5.20. The summed E-state index contributed by atoms with van der Waals surface area (Å²) in [6, 6.07) is 19.5. The fourth-order valence-electron chi connectivity index (χ4n) is 2.64. The maximum absolute atomic E-state index is 12.7. The average molecular weight is 331 g/mol. The van der Waals surface area contributed by atoms with Gasteiger partial charge in [0.2, 0.25) is 0 Å². The monoisotopic (exact) mass is 331 g/mol. The molecule has 4 nitrogen and oxygen atoms in total. The number of aromatic nitrogens is 3. The number of fused-ring (bicyclic) bond motifs is 1. The van der Waals surface area contributed by atoms with Crippen molar-refractivity contribution in [2.75, 3.05) is 0 Å². The van der Waals surface area contributed by atoms with Crippen molar-refractivity contribution in [1.29, 1.82) is 0 Å². The minimum atomic E-state index is -0.134. The van der Waals surface area contributed by atoms with Crippen molar-refractivity contribution in [3.05, 3.63) is 83.4 Å². The van der Waals surface area contributed by atoms with E-state index in [1.54, 1.807) is 18.5 Å². The summed E-state index contributed by atoms with van der Waals surface area (Å²) in [6.07, 6.45) is 3.35. The number of para-hydroxylation sites is 1. The standard InChI is InChI=1S/C19H13N3OS/c23-18-17(24-19-20-11-6-12-21-19)16(13-7-2-1-3-8-13)14-9-4-5-10-15(14)22-18/h1-12H,(H,22,23). The summed E-state index contributed by atoms with van der Waals surface area (Å²) in [5.41, 5.74) is 2.59. The van der Waals surface area contributed by atoms with Gasteiger partial charge in [0, 0.05) is 28.9 Å². The zero-order chi connectivity index (χ0) is 16.4. The van der Waals surface area contributed by atoms with Crippen molar-refractivity contribution < 1.29 is 0 Å². The summed E-state index contributed by atoms with van der Waals surface area (Å²) in [5, 5.41) is 1.55. The number of aromatic amines is 1. The molecule has 24 heavy (non-hydrogen) atoms. The summed E-state index contributed by atoms with van der Waals surface area (Å²) in [7, 11) is 0. The van der Waals surface area contributed by atoms with E-state index in [1.165, 1.54) is 11.8 Å². The van der Waals surface area contributed by atoms with E-state index in [1.807, 2.05) is 54.6 Å². The molecule has 1 N–H and O–H groups in total. The lowest BCUT2D eigenvalue weighted by Gasteiger charge is -2.12. The van der Waals surface area contributed by atoms with Crippen LogP contribution >= 0.6 is 11.8 Å². The van der Waals surface area contributed by atoms with Crippen LogP contribution in [0.15, 0.2) is 87.9 Å². The van der Waals surface area contributed by atoms with Crippen LogP contribution in [0.5, 0.6) is 0 Å². The Morgan fingerprint density at radius 1 is 0.833 bits per heavy atom. The molecule has 2 aromatic heterocycles. The Morgan fingerprint density at radius 3 is 2.33 bits per heavy atom. The van der Waals surface area contributed by atoms with Gasteiger partial charge in [0.25, 0.3) is 5.56 Å². The number of pyridine rings is 1. The van der Waals surface area contributed by atoms with Crippen LogP contribution in [-0.2, 0) is 0 Å². The molecule has 0 radical (unpaired) electrons. The lowest BCUT2D eigenvalue weighted by molar-refractivity contribution is 0.965. The zero-order valence-electron chi connectivity index (χ0n) is 12.6. The van der Waals surface area contributed by atoms with Crippen LogP contribution in [0.3, 0.4) is 0 Å². The number of hydrogen-bond acceptors (Lipinski definition) is 4. The first-order valence-electron chi connectivity index (χ1n) is 7.48. The minimum Gasteiger partial charge on any atom is -0.321 e. The van der Waals surface area contributed by atoms with Gasteiger partial charge in [-0.1, -0.05) is 48.5 Å². The number of nitrogens with zero attached hydrogens (tertiary/aromatic N) is 2. The fourth-order valence-corrected chi connectivity index (χ4v) is 3.53. The lowest BCUT2D eigenvalue weighted by Crippen LogP contribution is -2.10. The molecule has 0 saturated heterocycles. The smallest absolute Gasteiger partial charge is 0.263 e. The molecule has 0 bridgehead atoms. The maximum atomic E-state index is 12.7. The van der Waals surface area contributed by atoms with Crippen LogP contribution in [0.2, 0.25) is 0 Å². The van der Waals surface area contributed by atoms with Crippen molar-refractivity contribution in [2.45, 2.75) is 10.1 Å². The highest BCUT2D eigenvalue weighted by Crippen LogP contribution is 2.36. The predicted molar refractivity (Wildman–Crippen MR) is 96.2 cm³/mol. The third-order valence-corrected chi connectivity index (χ3v) is 4.66. The molecule has 0 amide bonds. The van der Waals surface area contributed by atoms with E-state index in [9.17, 15) is 4.79 Å². The molecule has 2 aromatic carbocycles. The number of benzene rings is 2. The first kappa shape index (κ1) is 14.7. The first-order valence-corrected chi connectivity index (χ1v) is 8.30. The number of rotatable bonds is 3. The molecule has 0 unspecified atom stereocenters. The number of hydrogen-bond donors (Lipinski definition) is 1. The zero-order valence-corrected chi connectivity index (χ0v) is 13.5. The van der Waals surface area contributed by atoms with Gasteiger partial charge in [-0.25, -0.2) is 9.97 Å². The summed E-state index contributed by atoms with van der Waals surface area (Å²) in [6.45, 7) is 0. The van der Waals surface area contributed by atoms with Gasteiger partial charge in [-0.3, -0.25) is 4.79 Å². The molecule has 4 rings (SSSR count). The third-order valence-electron chi connectivity index (χ3n) is 3.68. The van der Waals surface area contributed by atoms with Gasteiger partial charge < -0.3 is 4.98 Å². The lowest BCUT2D eigenvalue weighted by atomic mass is 10.0. The largest absolute Gasteiger partial charge is 0.321 e. The summed E-state index contributed by atoms with van der Waals surface area (Å²) >= 11 is 1.28. The molecular weight excluding hydrogens is 318 g/mol. The van der Waals surface area contributed by atoms with Crippen LogP contribution in [0.4, 0.5) is 0 Å². The van der Waals surface area contributed by atoms with Gasteiger partial charge in [-0.15, -0.1) is 0 Å². The maximum Gasteiger partial charge on any atom is 0.263 e. The molecule has 0 fully saturated rings. The Kier molecular flexibility index (Phi) is 3.84. The summed E-state index contributed by atoms with van der Waals surface area (Å²) in [4.78, 5) is 24.7. The van der Waals surface area contributed by atoms with Crippen molar-refractivity contribution in [2.24, 2.45) is 0 Å². The SMILES string of the molecule is O=c1[nH]c2ccccc2c(-c2ccccc2)c1Sc1ncccn1. The molecule has 0 aliphatic rings. The first-order chi connectivity index (χ1) is 11.8. The van der Waals surface area contributed by atoms with Crippen molar-refractivity contribution >= 4 is 22.7 Å². The van der Waals surface area contributed by atoms with Crippen LogP contribution in [-0.4, -0.2) is 15.0 Å². The third kappa shape index (κ3) is 2.70. The highest BCUT2D eigenvalue weighted by atomic mass is 32.2. The predicted octanol–water partition coefficient (Wildman–Crippen LogP) is 4.14. The van der Waals surface area contributed by atoms with Crippen LogP contribution in [0.25, 0.3) is 22.0 Å². The second-order valence-corrected chi connectivity index (χ2v) is 6.18. The van der Waals surface area contributed by atoms with Crippen molar-refractivity contribution in [1.82, 2.24) is 15.0 Å². The van der Waals surface area contributed by atoms with Crippen molar-refractivity contribution in [3.8, 4) is 11.1 Å². The Morgan fingerprint density at radius 2 is 1.54 bits per heavy atom. The normalized spacial score (nSPS) is 10.8.